The van der Waals surface area contributed by atoms with E-state index in [0.29, 0.717) is 11.4 Å². The molecule has 2 aromatic carbocycles. The Morgan fingerprint density at radius 2 is 1.75 bits per heavy atom. The van der Waals surface area contributed by atoms with E-state index in [1.54, 1.807) is 13.1 Å². The van der Waals surface area contributed by atoms with E-state index in [1.165, 1.54) is 11.0 Å². The van der Waals surface area contributed by atoms with Crippen molar-refractivity contribution in [3.63, 3.8) is 0 Å². The van der Waals surface area contributed by atoms with E-state index in [2.05, 4.69) is 24.1 Å². The number of hydrogen-bond acceptors (Lipinski definition) is 5. The topological polar surface area (TPSA) is 54.0 Å². The van der Waals surface area contributed by atoms with Crippen LogP contribution in [0.25, 0.3) is 0 Å². The number of rotatable bonds is 3. The number of benzene rings is 2. The van der Waals surface area contributed by atoms with Gasteiger partial charge in [-0.25, -0.2) is 4.39 Å². The van der Waals surface area contributed by atoms with E-state index >= 15 is 0 Å². The van der Waals surface area contributed by atoms with Crippen LogP contribution in [0.1, 0.15) is 13.8 Å². The molecule has 4 rings (SSSR count). The first-order valence-electron chi connectivity index (χ1n) is 9.41. The lowest BCUT2D eigenvalue weighted by atomic mass is 10.1. The summed E-state index contributed by atoms with van der Waals surface area (Å²) in [6, 6.07) is 11.1. The number of nitrogens with zero attached hydrogens (tertiary/aromatic N) is 2. The van der Waals surface area contributed by atoms with Gasteiger partial charge in [-0.05, 0) is 44.2 Å². The lowest BCUT2D eigenvalue weighted by molar-refractivity contribution is -0.121. The van der Waals surface area contributed by atoms with E-state index in [0.717, 1.165) is 24.5 Å². The number of fused-ring (bicyclic) bond motifs is 1. The number of nitrogens with one attached hydrogen (secondary N) is 1. The minimum absolute atomic E-state index is 0.0858. The van der Waals surface area contributed by atoms with Gasteiger partial charge in [-0.1, -0.05) is 0 Å². The maximum Gasteiger partial charge on any atom is 0.264 e. The maximum atomic E-state index is 14.5. The summed E-state index contributed by atoms with van der Waals surface area (Å²) in [5, 5.41) is 3.20. The molecule has 0 bridgehead atoms. The van der Waals surface area contributed by atoms with Crippen molar-refractivity contribution in [2.24, 2.45) is 0 Å². The SMILES string of the molecule is CC1CN(c2ccc(Nc3cc(F)c4c(c3)OCC(=O)N4C)cc2)CC(C)O1. The van der Waals surface area contributed by atoms with Crippen molar-refractivity contribution in [1.29, 1.82) is 0 Å². The van der Waals surface area contributed by atoms with Gasteiger partial charge in [0, 0.05) is 43.3 Å². The van der Waals surface area contributed by atoms with E-state index in [-0.39, 0.29) is 30.4 Å². The summed E-state index contributed by atoms with van der Waals surface area (Å²) in [5.41, 5.74) is 2.72. The number of ether oxygens (including phenoxy) is 2. The molecule has 1 N–H and O–H groups in total. The third-order valence-electron chi connectivity index (χ3n) is 5.03. The third-order valence-corrected chi connectivity index (χ3v) is 5.03. The Hall–Kier alpha value is -2.80. The molecule has 0 saturated carbocycles. The van der Waals surface area contributed by atoms with Gasteiger partial charge >= 0.3 is 0 Å². The molecular formula is C21H24FN3O3. The fourth-order valence-electron chi connectivity index (χ4n) is 3.75. The monoisotopic (exact) mass is 385 g/mol. The first kappa shape index (κ1) is 18.6. The smallest absolute Gasteiger partial charge is 0.264 e. The Morgan fingerprint density at radius 3 is 2.43 bits per heavy atom. The second kappa shape index (κ2) is 7.31. The van der Waals surface area contributed by atoms with Crippen LogP contribution in [-0.2, 0) is 9.53 Å². The number of carbonyl (C=O) groups excluding carboxylic acids is 1. The third kappa shape index (κ3) is 3.62. The first-order chi connectivity index (χ1) is 13.4. The Labute approximate surface area is 163 Å². The van der Waals surface area contributed by atoms with Crippen molar-refractivity contribution in [2.45, 2.75) is 26.1 Å². The molecule has 148 valence electrons. The van der Waals surface area contributed by atoms with Gasteiger partial charge in [0.2, 0.25) is 0 Å². The zero-order chi connectivity index (χ0) is 19.8. The first-order valence-corrected chi connectivity index (χ1v) is 9.41. The Morgan fingerprint density at radius 1 is 1.07 bits per heavy atom. The van der Waals surface area contributed by atoms with E-state index < -0.39 is 5.82 Å². The molecule has 7 heteroatoms. The van der Waals surface area contributed by atoms with Crippen LogP contribution in [0.3, 0.4) is 0 Å². The molecule has 0 radical (unpaired) electrons. The maximum absolute atomic E-state index is 14.5. The summed E-state index contributed by atoms with van der Waals surface area (Å²) in [6.07, 6.45) is 0.398. The molecular weight excluding hydrogens is 361 g/mol. The van der Waals surface area contributed by atoms with Crippen molar-refractivity contribution in [3.05, 3.63) is 42.2 Å². The van der Waals surface area contributed by atoms with Crippen LogP contribution < -0.4 is 19.9 Å². The largest absolute Gasteiger partial charge is 0.481 e. The van der Waals surface area contributed by atoms with Gasteiger partial charge in [0.05, 0.1) is 12.2 Å². The molecule has 0 spiro atoms. The zero-order valence-electron chi connectivity index (χ0n) is 16.2. The van der Waals surface area contributed by atoms with Gasteiger partial charge in [0.15, 0.2) is 12.4 Å². The second-order valence-electron chi connectivity index (χ2n) is 7.38. The van der Waals surface area contributed by atoms with Crippen LogP contribution in [0, 0.1) is 5.82 Å². The highest BCUT2D eigenvalue weighted by Gasteiger charge is 2.26. The summed E-state index contributed by atoms with van der Waals surface area (Å²) in [4.78, 5) is 15.3. The molecule has 2 aliphatic rings. The van der Waals surface area contributed by atoms with Crippen molar-refractivity contribution < 1.29 is 18.7 Å². The van der Waals surface area contributed by atoms with Crippen molar-refractivity contribution >= 4 is 28.7 Å². The number of hydrogen-bond donors (Lipinski definition) is 1. The Bertz CT molecular complexity index is 877. The Kier molecular flexibility index (Phi) is 4.85. The average Bonchev–Trinajstić information content (AvgIpc) is 2.64. The highest BCUT2D eigenvalue weighted by atomic mass is 19.1. The minimum Gasteiger partial charge on any atom is -0.481 e. The Balaban J connectivity index is 1.51. The average molecular weight is 385 g/mol. The lowest BCUT2D eigenvalue weighted by Crippen LogP contribution is -2.45. The van der Waals surface area contributed by atoms with Crippen LogP contribution in [0.2, 0.25) is 0 Å². The lowest BCUT2D eigenvalue weighted by Gasteiger charge is -2.36. The number of carbonyl (C=O) groups is 1. The normalized spacial score (nSPS) is 21.9. The van der Waals surface area contributed by atoms with E-state index in [1.807, 2.05) is 24.3 Å². The summed E-state index contributed by atoms with van der Waals surface area (Å²) < 4.78 is 25.7. The van der Waals surface area contributed by atoms with Gasteiger partial charge in [-0.3, -0.25) is 4.79 Å². The standard InChI is InChI=1S/C21H24FN3O3/c1-13-10-25(11-14(2)28-13)17-6-4-15(5-7-17)23-16-8-18(22)21-19(9-16)27-12-20(26)24(21)3/h4-9,13-14,23H,10-12H2,1-3H3. The number of morpholine rings is 1. The predicted octanol–water partition coefficient (Wildman–Crippen LogP) is 3.54. The summed E-state index contributed by atoms with van der Waals surface area (Å²) >= 11 is 0. The van der Waals surface area contributed by atoms with E-state index in [9.17, 15) is 9.18 Å². The molecule has 1 fully saturated rings. The summed E-state index contributed by atoms with van der Waals surface area (Å²) in [7, 11) is 1.55. The second-order valence-corrected chi connectivity index (χ2v) is 7.38. The number of likely N-dealkylation sites (N-methyl/N-ethyl adjacent to an activating group) is 1. The van der Waals surface area contributed by atoms with Gasteiger partial charge in [0.1, 0.15) is 11.4 Å². The fourth-order valence-corrected chi connectivity index (χ4v) is 3.75. The summed E-state index contributed by atoms with van der Waals surface area (Å²) in [5.74, 6) is -0.407. The molecule has 6 nitrogen and oxygen atoms in total. The van der Waals surface area contributed by atoms with Crippen molar-refractivity contribution in [1.82, 2.24) is 0 Å². The van der Waals surface area contributed by atoms with Crippen LogP contribution >= 0.6 is 0 Å². The van der Waals surface area contributed by atoms with Crippen LogP contribution in [0.15, 0.2) is 36.4 Å². The van der Waals surface area contributed by atoms with Crippen LogP contribution in [-0.4, -0.2) is 44.9 Å². The highest BCUT2D eigenvalue weighted by molar-refractivity contribution is 5.98. The minimum atomic E-state index is -0.497. The van der Waals surface area contributed by atoms with Crippen molar-refractivity contribution in [2.75, 3.05) is 41.9 Å². The molecule has 2 aromatic rings. The van der Waals surface area contributed by atoms with Gasteiger partial charge in [-0.15, -0.1) is 0 Å². The number of amides is 1. The number of halogens is 1. The fraction of sp³-hybridized carbons (Fsp3) is 0.381. The van der Waals surface area contributed by atoms with Gasteiger partial charge in [0.25, 0.3) is 5.91 Å². The molecule has 0 aliphatic carbocycles. The molecule has 2 heterocycles. The van der Waals surface area contributed by atoms with Crippen molar-refractivity contribution in [3.8, 4) is 5.75 Å². The van der Waals surface area contributed by atoms with Crippen LogP contribution in [0.4, 0.5) is 27.1 Å². The highest BCUT2D eigenvalue weighted by Crippen LogP contribution is 2.37. The molecule has 28 heavy (non-hydrogen) atoms. The molecule has 2 unspecified atom stereocenters. The number of anilines is 4. The molecule has 0 aromatic heterocycles. The van der Waals surface area contributed by atoms with Crippen LogP contribution in [0.5, 0.6) is 5.75 Å². The predicted molar refractivity (Wildman–Crippen MR) is 107 cm³/mol. The molecule has 2 aliphatic heterocycles. The zero-order valence-corrected chi connectivity index (χ0v) is 16.2. The van der Waals surface area contributed by atoms with E-state index in [4.69, 9.17) is 9.47 Å². The molecule has 1 saturated heterocycles. The van der Waals surface area contributed by atoms with Gasteiger partial charge in [-0.2, -0.15) is 0 Å². The van der Waals surface area contributed by atoms with Gasteiger partial charge < -0.3 is 24.6 Å². The molecule has 2 atom stereocenters. The molecule has 1 amide bonds. The summed E-state index contributed by atoms with van der Waals surface area (Å²) in [6.45, 7) is 5.79. The quantitative estimate of drug-likeness (QED) is 0.876.